The number of hydrogen-bond donors (Lipinski definition) is 6. The number of aromatic amines is 2. The Labute approximate surface area is 399 Å². The molecule has 0 spiro atoms. The molecule has 2 fully saturated rings. The molecule has 3 aromatic heterocycles. The lowest BCUT2D eigenvalue weighted by Crippen LogP contribution is -2.36. The van der Waals surface area contributed by atoms with Crippen LogP contribution in [0, 0.1) is 13.8 Å². The molecule has 352 valence electrons. The Bertz CT molecular complexity index is 2430. The van der Waals surface area contributed by atoms with Gasteiger partial charge in [0.05, 0.1) is 54.6 Å². The summed E-state index contributed by atoms with van der Waals surface area (Å²) in [6, 6.07) is 6.28. The van der Waals surface area contributed by atoms with Crippen molar-refractivity contribution in [3.05, 3.63) is 75.4 Å². The van der Waals surface area contributed by atoms with Crippen molar-refractivity contribution in [3.8, 4) is 0 Å². The highest BCUT2D eigenvalue weighted by Gasteiger charge is 2.32. The predicted molar refractivity (Wildman–Crippen MR) is 269 cm³/mol. The van der Waals surface area contributed by atoms with Gasteiger partial charge in [0.25, 0.3) is 0 Å². The number of aryl methyl sites for hydroxylation is 3. The molecule has 8 bridgehead atoms. The highest BCUT2D eigenvalue weighted by atomic mass is 32.2. The van der Waals surface area contributed by atoms with E-state index in [0.29, 0.717) is 66.1 Å². The molecule has 4 aliphatic rings. The Balaban J connectivity index is 1.23. The molecule has 12 nitrogen and oxygen atoms in total. The zero-order chi connectivity index (χ0) is 46.4. The third-order valence-electron chi connectivity index (χ3n) is 12.7. The molecule has 4 aliphatic heterocycles. The van der Waals surface area contributed by atoms with Crippen LogP contribution in [0.15, 0.2) is 24.8 Å². The van der Waals surface area contributed by atoms with E-state index in [2.05, 4.69) is 56.4 Å². The molecule has 0 aliphatic carbocycles. The summed E-state index contributed by atoms with van der Waals surface area (Å²) in [5, 5.41) is 39.6. The lowest BCUT2D eigenvalue weighted by Gasteiger charge is -2.31. The number of nitrogens with zero attached hydrogens (tertiary/aromatic N) is 2. The van der Waals surface area contributed by atoms with E-state index in [1.165, 1.54) is 23.5 Å². The van der Waals surface area contributed by atoms with E-state index in [-0.39, 0.29) is 58.9 Å². The summed E-state index contributed by atoms with van der Waals surface area (Å²) in [6.45, 7) is 14.3. The van der Waals surface area contributed by atoms with Crippen molar-refractivity contribution < 1.29 is 39.5 Å². The first-order chi connectivity index (χ1) is 31.3. The molecule has 6 N–H and O–H groups in total. The van der Waals surface area contributed by atoms with Gasteiger partial charge in [-0.05, 0) is 98.4 Å². The summed E-state index contributed by atoms with van der Waals surface area (Å²) >= 11 is 5.73. The number of carbonyl (C=O) groups is 2. The predicted octanol–water partition coefficient (Wildman–Crippen LogP) is 8.44. The first kappa shape index (κ1) is 50.0. The number of H-pyrrole nitrogens is 2. The van der Waals surface area contributed by atoms with Crippen molar-refractivity contribution in [2.75, 3.05) is 36.2 Å². The van der Waals surface area contributed by atoms with Crippen LogP contribution in [-0.2, 0) is 38.3 Å². The van der Waals surface area contributed by atoms with E-state index in [0.717, 1.165) is 92.0 Å². The zero-order valence-corrected chi connectivity index (χ0v) is 41.4. The summed E-state index contributed by atoms with van der Waals surface area (Å²) in [5.74, 6) is 2.66. The lowest BCUT2D eigenvalue weighted by atomic mass is 9.97. The monoisotopic (exact) mass is 964 g/mol. The lowest BCUT2D eigenvalue weighted by molar-refractivity contribution is -0.110. The van der Waals surface area contributed by atoms with Crippen LogP contribution in [-0.4, -0.2) is 122 Å². The number of fused-ring (bicyclic) bond motifs is 8. The number of carbonyl (C=O) groups excluding carboxylic acids is 2. The molecule has 7 rings (SSSR count). The fourth-order valence-electron chi connectivity index (χ4n) is 9.08. The Morgan fingerprint density at radius 3 is 2.03 bits per heavy atom. The Hall–Kier alpha value is -2.90. The third-order valence-corrected chi connectivity index (χ3v) is 17.0. The Morgan fingerprint density at radius 2 is 1.42 bits per heavy atom. The normalized spacial score (nSPS) is 23.6. The molecule has 7 heterocycles. The summed E-state index contributed by atoms with van der Waals surface area (Å²) in [6.07, 6.45) is 4.95. The van der Waals surface area contributed by atoms with Gasteiger partial charge < -0.3 is 39.9 Å². The van der Waals surface area contributed by atoms with Gasteiger partial charge in [-0.15, -0.1) is 23.5 Å². The molecule has 3 aromatic rings. The summed E-state index contributed by atoms with van der Waals surface area (Å²) in [5.41, 5.74) is 12.5. The number of ether oxygens (including phenoxy) is 2. The van der Waals surface area contributed by atoms with Gasteiger partial charge in [0.2, 0.25) is 5.12 Å². The van der Waals surface area contributed by atoms with Crippen molar-refractivity contribution in [2.45, 2.75) is 134 Å². The molecule has 0 amide bonds. The maximum Gasteiger partial charge on any atom is 0.221 e. The molecule has 0 saturated carbocycles. The minimum atomic E-state index is -0.505. The van der Waals surface area contributed by atoms with Gasteiger partial charge in [0, 0.05) is 94.1 Å². The molecule has 7 atom stereocenters. The quantitative estimate of drug-likeness (QED) is 0.0707. The summed E-state index contributed by atoms with van der Waals surface area (Å²) in [7, 11) is 0. The Kier molecular flexibility index (Phi) is 17.6. The molecule has 2 saturated heterocycles. The van der Waals surface area contributed by atoms with Gasteiger partial charge in [-0.25, -0.2) is 4.98 Å². The van der Waals surface area contributed by atoms with Crippen LogP contribution in [0.1, 0.15) is 116 Å². The van der Waals surface area contributed by atoms with Crippen LogP contribution in [0.25, 0.3) is 39.3 Å². The molecule has 0 aromatic carbocycles. The van der Waals surface area contributed by atoms with Crippen LogP contribution in [0.4, 0.5) is 0 Å². The van der Waals surface area contributed by atoms with Gasteiger partial charge in [0.1, 0.15) is 10.9 Å². The second-order valence-electron chi connectivity index (χ2n) is 17.4. The maximum atomic E-state index is 14.6. The van der Waals surface area contributed by atoms with E-state index < -0.39 is 12.2 Å². The van der Waals surface area contributed by atoms with Crippen LogP contribution in [0.5, 0.6) is 0 Å². The molecule has 16 heteroatoms. The van der Waals surface area contributed by atoms with E-state index in [9.17, 15) is 30.0 Å². The minimum Gasteiger partial charge on any atom is -0.394 e. The van der Waals surface area contributed by atoms with E-state index in [4.69, 9.17) is 19.4 Å². The standard InChI is InChI=1S/C49H64N4O8S4/c1-7-34-27(4)38-21-37-26(3)15-41(50-37)36(20-44(58)62-11-9-12-63-45-18-30(56)16-32(24-54)60-45)48-47(49(59)65-14-10-13-64-46-19-31(57)17-33(25-55)61-46)29(6)40(53-48)23-43-35(8-2)28(5)39(52-43)22-42(34)51-38/h7,21-23,26,30-33,45-46,51-52,54-57H,1,8-20,24-25H2,2-6H3. The summed E-state index contributed by atoms with van der Waals surface area (Å²) < 4.78 is 11.9. The molecular weight excluding hydrogens is 901 g/mol. The SMILES string of the molecule is C=Cc1c(C)c2cc3nc(c(CC(=O)SCCCSC4CC(O)CC(CO)O4)c4nc(cc5[nH]c(cc1[nH]2)c(C)c5CC)C(C)=C4C(=O)SCCCSC1CC(O)CC(CO)O1)CC3C. The number of aliphatic hydroxyl groups is 4. The van der Waals surface area contributed by atoms with Gasteiger partial charge in [-0.2, -0.15) is 0 Å². The second-order valence-corrected chi connectivity index (χ2v) is 22.2. The summed E-state index contributed by atoms with van der Waals surface area (Å²) in [4.78, 5) is 46.6. The Morgan fingerprint density at radius 1 is 0.800 bits per heavy atom. The number of aliphatic hydroxyl groups excluding tert-OH is 4. The van der Waals surface area contributed by atoms with Crippen molar-refractivity contribution in [3.63, 3.8) is 0 Å². The van der Waals surface area contributed by atoms with E-state index >= 15 is 0 Å². The molecule has 7 unspecified atom stereocenters. The fourth-order valence-corrected chi connectivity index (χ4v) is 13.4. The van der Waals surface area contributed by atoms with E-state index in [1.807, 2.05) is 19.1 Å². The number of hydrogen-bond acceptors (Lipinski definition) is 14. The van der Waals surface area contributed by atoms with Crippen molar-refractivity contribution in [2.24, 2.45) is 0 Å². The number of allylic oxidation sites excluding steroid dienone is 1. The number of aromatic nitrogens is 4. The van der Waals surface area contributed by atoms with Crippen LogP contribution < -0.4 is 0 Å². The first-order valence-electron chi connectivity index (χ1n) is 22.8. The van der Waals surface area contributed by atoms with Crippen LogP contribution in [0.2, 0.25) is 0 Å². The first-order valence-corrected chi connectivity index (χ1v) is 26.9. The van der Waals surface area contributed by atoms with Gasteiger partial charge in [-0.3, -0.25) is 14.6 Å². The van der Waals surface area contributed by atoms with E-state index in [1.54, 1.807) is 23.5 Å². The minimum absolute atomic E-state index is 0.0291. The third kappa shape index (κ3) is 12.0. The number of rotatable bonds is 17. The molecule has 0 radical (unpaired) electrons. The largest absolute Gasteiger partial charge is 0.394 e. The smallest absolute Gasteiger partial charge is 0.221 e. The zero-order valence-electron chi connectivity index (χ0n) is 38.1. The van der Waals surface area contributed by atoms with Gasteiger partial charge in [0.15, 0.2) is 5.12 Å². The van der Waals surface area contributed by atoms with Crippen LogP contribution >= 0.6 is 47.0 Å². The highest BCUT2D eigenvalue weighted by Crippen LogP contribution is 2.39. The van der Waals surface area contributed by atoms with Gasteiger partial charge >= 0.3 is 0 Å². The highest BCUT2D eigenvalue weighted by molar-refractivity contribution is 8.14. The van der Waals surface area contributed by atoms with Crippen LogP contribution in [0.3, 0.4) is 0 Å². The topological polar surface area (TPSA) is 191 Å². The number of nitrogens with one attached hydrogen (secondary N) is 2. The number of thioether (sulfide) groups is 4. The van der Waals surface area contributed by atoms with Crippen molar-refractivity contribution in [1.82, 2.24) is 19.9 Å². The fraction of sp³-hybridized carbons (Fsp3) is 0.551. The van der Waals surface area contributed by atoms with Crippen molar-refractivity contribution in [1.29, 1.82) is 0 Å². The average Bonchev–Trinajstić information content (AvgIpc) is 3.99. The second kappa shape index (κ2) is 22.9. The maximum absolute atomic E-state index is 14.6. The average molecular weight is 965 g/mol. The molecule has 65 heavy (non-hydrogen) atoms. The van der Waals surface area contributed by atoms with Gasteiger partial charge in [-0.1, -0.05) is 50.0 Å². The van der Waals surface area contributed by atoms with Crippen molar-refractivity contribution >= 4 is 96.6 Å². The molecular formula is C49H64N4O8S4.